The number of phenols is 1. The van der Waals surface area contributed by atoms with Crippen molar-refractivity contribution in [2.75, 3.05) is 6.54 Å². The number of amides is 2. The van der Waals surface area contributed by atoms with Crippen LogP contribution in [0, 0.1) is 0 Å². The Morgan fingerprint density at radius 3 is 2.77 bits per heavy atom. The molecule has 3 N–H and O–H groups in total. The molecule has 9 nitrogen and oxygen atoms in total. The fraction of sp³-hybridized carbons (Fsp3) is 0.280. The zero-order valence-electron chi connectivity index (χ0n) is 19.3. The highest BCUT2D eigenvalue weighted by Crippen LogP contribution is 2.15. The molecule has 0 unspecified atom stereocenters. The van der Waals surface area contributed by atoms with Crippen LogP contribution < -0.4 is 10.6 Å². The van der Waals surface area contributed by atoms with E-state index in [0.717, 1.165) is 27.6 Å². The van der Waals surface area contributed by atoms with Crippen LogP contribution in [0.25, 0.3) is 10.9 Å². The number of rotatable bonds is 9. The Morgan fingerprint density at radius 2 is 2.00 bits per heavy atom. The molecular formula is C25H26BN4O5. The zero-order chi connectivity index (χ0) is 24.6. The highest BCUT2D eigenvalue weighted by Gasteiger charge is 2.25. The molecule has 0 fully saturated rings. The van der Waals surface area contributed by atoms with Crippen molar-refractivity contribution in [2.45, 2.75) is 38.4 Å². The average Bonchev–Trinajstić information content (AvgIpc) is 3.35. The Balaban J connectivity index is 1.36. The van der Waals surface area contributed by atoms with E-state index in [1.54, 1.807) is 18.3 Å². The van der Waals surface area contributed by atoms with E-state index in [0.29, 0.717) is 6.42 Å². The third-order valence-electron chi connectivity index (χ3n) is 5.59. The van der Waals surface area contributed by atoms with Crippen LogP contribution in [0.1, 0.15) is 17.5 Å². The van der Waals surface area contributed by atoms with Crippen LogP contribution in [0.2, 0.25) is 6.82 Å². The summed E-state index contributed by atoms with van der Waals surface area (Å²) in [5.74, 6) is -0.257. The number of pyridine rings is 1. The molecule has 0 aliphatic carbocycles. The second-order valence-corrected chi connectivity index (χ2v) is 8.23. The summed E-state index contributed by atoms with van der Waals surface area (Å²) in [5.41, 5.74) is 3.19. The molecule has 1 aliphatic heterocycles. The van der Waals surface area contributed by atoms with Gasteiger partial charge in [-0.1, -0.05) is 37.2 Å². The molecule has 4 rings (SSSR count). The minimum atomic E-state index is -0.888. The summed E-state index contributed by atoms with van der Waals surface area (Å²) >= 11 is 0. The highest BCUT2D eigenvalue weighted by atomic mass is 16.6. The predicted molar refractivity (Wildman–Crippen MR) is 132 cm³/mol. The molecule has 2 atom stereocenters. The molecule has 35 heavy (non-hydrogen) atoms. The van der Waals surface area contributed by atoms with E-state index >= 15 is 0 Å². The van der Waals surface area contributed by atoms with Gasteiger partial charge in [0.2, 0.25) is 5.91 Å². The molecule has 0 saturated carbocycles. The molecule has 2 aromatic carbocycles. The highest BCUT2D eigenvalue weighted by molar-refractivity contribution is 6.74. The summed E-state index contributed by atoms with van der Waals surface area (Å²) in [6, 6.07) is 15.1. The first-order valence-electron chi connectivity index (χ1n) is 11.3. The van der Waals surface area contributed by atoms with Crippen molar-refractivity contribution in [1.29, 1.82) is 0 Å². The largest absolute Gasteiger partial charge is 0.508 e. The van der Waals surface area contributed by atoms with Crippen LogP contribution in [0.4, 0.5) is 4.79 Å². The SMILES string of the molecule is C[B]C1=NO[C@H](CNC(=O)[C@H](Cc2ccc(O)cc2)NC(=O)OCc2cnc3ccccc3c2)C1. The topological polar surface area (TPSA) is 122 Å². The number of oxime groups is 1. The van der Waals surface area contributed by atoms with Crippen molar-refractivity contribution in [3.8, 4) is 5.75 Å². The second-order valence-electron chi connectivity index (χ2n) is 8.23. The van der Waals surface area contributed by atoms with Crippen LogP contribution in [0.5, 0.6) is 5.75 Å². The van der Waals surface area contributed by atoms with Crippen molar-refractivity contribution in [3.05, 3.63) is 71.9 Å². The molecule has 1 aromatic heterocycles. The molecular weight excluding hydrogens is 447 g/mol. The van der Waals surface area contributed by atoms with Gasteiger partial charge in [-0.3, -0.25) is 9.78 Å². The van der Waals surface area contributed by atoms with Gasteiger partial charge in [-0.05, 0) is 29.8 Å². The van der Waals surface area contributed by atoms with Crippen molar-refractivity contribution in [3.63, 3.8) is 0 Å². The van der Waals surface area contributed by atoms with Crippen molar-refractivity contribution in [1.82, 2.24) is 15.6 Å². The van der Waals surface area contributed by atoms with Crippen molar-refractivity contribution >= 4 is 35.8 Å². The maximum Gasteiger partial charge on any atom is 0.408 e. The minimum absolute atomic E-state index is 0.0146. The van der Waals surface area contributed by atoms with Gasteiger partial charge in [0.1, 0.15) is 24.5 Å². The molecule has 0 spiro atoms. The summed E-state index contributed by atoms with van der Waals surface area (Å²) in [6.45, 7) is 2.15. The Hall–Kier alpha value is -4.08. The number of nitrogens with one attached hydrogen (secondary N) is 2. The summed E-state index contributed by atoms with van der Waals surface area (Å²) in [4.78, 5) is 35.2. The molecule has 1 radical (unpaired) electrons. The first kappa shape index (κ1) is 24.1. The van der Waals surface area contributed by atoms with E-state index in [2.05, 4.69) is 20.8 Å². The van der Waals surface area contributed by atoms with Crippen LogP contribution in [-0.4, -0.2) is 53.7 Å². The van der Waals surface area contributed by atoms with Crippen LogP contribution in [0.15, 0.2) is 65.9 Å². The quantitative estimate of drug-likeness (QED) is 0.411. The van der Waals surface area contributed by atoms with E-state index in [-0.39, 0.29) is 37.3 Å². The molecule has 179 valence electrons. The molecule has 2 amide bonds. The molecule has 3 aromatic rings. The van der Waals surface area contributed by atoms with Crippen LogP contribution >= 0.6 is 0 Å². The van der Waals surface area contributed by atoms with Crippen molar-refractivity contribution in [2.24, 2.45) is 5.16 Å². The number of hydrogen-bond acceptors (Lipinski definition) is 7. The maximum atomic E-state index is 12.9. The van der Waals surface area contributed by atoms with Gasteiger partial charge in [0.25, 0.3) is 0 Å². The summed E-state index contributed by atoms with van der Waals surface area (Å²) in [5, 5.41) is 19.9. The fourth-order valence-corrected chi connectivity index (χ4v) is 3.67. The third-order valence-corrected chi connectivity index (χ3v) is 5.59. The summed E-state index contributed by atoms with van der Waals surface area (Å²) in [6.07, 6.45) is 1.50. The number of carbonyl (C=O) groups is 2. The number of fused-ring (bicyclic) bond motifs is 1. The lowest BCUT2D eigenvalue weighted by Crippen LogP contribution is -2.49. The first-order chi connectivity index (χ1) is 17.0. The number of para-hydroxylation sites is 1. The van der Waals surface area contributed by atoms with Gasteiger partial charge in [-0.25, -0.2) is 4.79 Å². The zero-order valence-corrected chi connectivity index (χ0v) is 19.3. The number of aromatic hydroxyl groups is 1. The Labute approximate surface area is 203 Å². The molecule has 2 heterocycles. The number of benzene rings is 2. The number of ether oxygens (including phenoxy) is 1. The number of phenolic OH excluding ortho intramolecular Hbond substituents is 1. The van der Waals surface area contributed by atoms with Gasteiger partial charge in [0.05, 0.1) is 12.1 Å². The van der Waals surface area contributed by atoms with E-state index < -0.39 is 12.1 Å². The van der Waals surface area contributed by atoms with E-state index in [1.165, 1.54) is 12.1 Å². The fourth-order valence-electron chi connectivity index (χ4n) is 3.67. The number of hydrogen-bond donors (Lipinski definition) is 3. The average molecular weight is 473 g/mol. The third kappa shape index (κ3) is 6.72. The second kappa shape index (κ2) is 11.4. The number of alkyl carbamates (subject to hydrolysis) is 1. The molecule has 1 aliphatic rings. The molecule has 0 bridgehead atoms. The van der Waals surface area contributed by atoms with Crippen molar-refractivity contribution < 1.29 is 24.3 Å². The Kier molecular flexibility index (Phi) is 7.82. The van der Waals surface area contributed by atoms with E-state index in [1.807, 2.05) is 44.4 Å². The Bertz CT molecular complexity index is 1220. The number of carbonyl (C=O) groups excluding carboxylic acids is 2. The van der Waals surface area contributed by atoms with Crippen LogP contribution in [-0.2, 0) is 27.4 Å². The van der Waals surface area contributed by atoms with Gasteiger partial charge in [-0.2, -0.15) is 0 Å². The lowest BCUT2D eigenvalue weighted by molar-refractivity contribution is -0.123. The summed E-state index contributed by atoms with van der Waals surface area (Å²) < 4.78 is 5.36. The monoisotopic (exact) mass is 473 g/mol. The standard InChI is InChI=1S/C25H26BN4O5/c1-26-23-12-20(35-30-23)14-28-24(32)22(11-16-6-8-19(31)9-7-16)29-25(33)34-15-17-10-18-4-2-3-5-21(18)27-13-17/h2-10,13,20,22,31H,11-12,14-15H2,1H3,(H,28,32)(H,29,33)/t20-,22-/m0/s1. The molecule has 10 heteroatoms. The van der Waals surface area contributed by atoms with E-state index in [4.69, 9.17) is 9.57 Å². The van der Waals surface area contributed by atoms with Gasteiger partial charge in [0.15, 0.2) is 7.28 Å². The van der Waals surface area contributed by atoms with Gasteiger partial charge < -0.3 is 25.3 Å². The molecule has 0 saturated heterocycles. The minimum Gasteiger partial charge on any atom is -0.508 e. The van der Waals surface area contributed by atoms with Crippen LogP contribution in [0.3, 0.4) is 0 Å². The first-order valence-corrected chi connectivity index (χ1v) is 11.3. The summed E-state index contributed by atoms with van der Waals surface area (Å²) in [7, 11) is 1.86. The predicted octanol–water partition coefficient (Wildman–Crippen LogP) is 2.75. The van der Waals surface area contributed by atoms with Gasteiger partial charge in [-0.15, -0.1) is 5.16 Å². The number of aromatic nitrogens is 1. The maximum absolute atomic E-state index is 12.9. The lowest BCUT2D eigenvalue weighted by atomic mass is 9.74. The normalized spacial score (nSPS) is 15.6. The lowest BCUT2D eigenvalue weighted by Gasteiger charge is -2.19. The van der Waals surface area contributed by atoms with Gasteiger partial charge >= 0.3 is 6.09 Å². The Morgan fingerprint density at radius 1 is 1.20 bits per heavy atom. The smallest absolute Gasteiger partial charge is 0.408 e. The number of nitrogens with zero attached hydrogens (tertiary/aromatic N) is 2. The van der Waals surface area contributed by atoms with E-state index in [9.17, 15) is 14.7 Å². The van der Waals surface area contributed by atoms with Gasteiger partial charge in [0, 0.05) is 35.6 Å².